The van der Waals surface area contributed by atoms with E-state index >= 15 is 0 Å². The van der Waals surface area contributed by atoms with Gasteiger partial charge in [0.1, 0.15) is 5.60 Å². The van der Waals surface area contributed by atoms with Gasteiger partial charge < -0.3 is 19.5 Å². The molecule has 1 aromatic heterocycles. The normalized spacial score (nSPS) is 14.5. The first-order chi connectivity index (χ1) is 11.2. The lowest BCUT2D eigenvalue weighted by Gasteiger charge is -2.29. The number of aliphatic hydroxyl groups is 1. The number of aromatic nitrogens is 1. The van der Waals surface area contributed by atoms with E-state index in [1.807, 2.05) is 33.8 Å². The molecule has 0 aliphatic carbocycles. The summed E-state index contributed by atoms with van der Waals surface area (Å²) in [5, 5.41) is 8.80. The fourth-order valence-electron chi connectivity index (χ4n) is 2.31. The first-order valence-electron chi connectivity index (χ1n) is 8.35. The average molecular weight is 338 g/mol. The molecule has 1 aromatic rings. The Bertz CT molecular complexity index is 498. The molecule has 0 saturated carbocycles. The quantitative estimate of drug-likeness (QED) is 0.896. The van der Waals surface area contributed by atoms with Crippen molar-refractivity contribution in [3.8, 4) is 5.88 Å². The molecule has 1 fully saturated rings. The summed E-state index contributed by atoms with van der Waals surface area (Å²) in [4.78, 5) is 17.4. The Morgan fingerprint density at radius 3 is 2.38 bits per heavy atom. The Morgan fingerprint density at radius 2 is 1.88 bits per heavy atom. The third-order valence-electron chi connectivity index (χ3n) is 3.39. The monoisotopic (exact) mass is 338 g/mol. The molecule has 1 N–H and O–H groups in total. The van der Waals surface area contributed by atoms with Crippen LogP contribution in [0.5, 0.6) is 5.88 Å². The van der Waals surface area contributed by atoms with Gasteiger partial charge in [-0.3, -0.25) is 0 Å². The number of aliphatic hydroxyl groups excluding tert-OH is 1. The molecule has 6 heteroatoms. The summed E-state index contributed by atoms with van der Waals surface area (Å²) >= 11 is 0. The number of methoxy groups -OCH3 is 1. The van der Waals surface area contributed by atoms with Crippen LogP contribution in [0.1, 0.15) is 51.3 Å². The van der Waals surface area contributed by atoms with Crippen molar-refractivity contribution in [2.75, 3.05) is 20.2 Å². The van der Waals surface area contributed by atoms with E-state index in [-0.39, 0.29) is 18.3 Å². The SMILES string of the molecule is CC(C)(C)OC(=O)N1CCCCC1.COc1cc(CO)cc(C)n1. The average Bonchev–Trinajstić information content (AvgIpc) is 2.54. The van der Waals surface area contributed by atoms with E-state index in [1.165, 1.54) is 6.42 Å². The van der Waals surface area contributed by atoms with Gasteiger partial charge >= 0.3 is 6.09 Å². The van der Waals surface area contributed by atoms with Crippen molar-refractivity contribution in [1.82, 2.24) is 9.88 Å². The van der Waals surface area contributed by atoms with E-state index in [2.05, 4.69) is 4.98 Å². The third-order valence-corrected chi connectivity index (χ3v) is 3.39. The van der Waals surface area contributed by atoms with Crippen LogP contribution in [-0.2, 0) is 11.3 Å². The minimum absolute atomic E-state index is 0.0275. The van der Waals surface area contributed by atoms with Crippen LogP contribution in [0.3, 0.4) is 0 Å². The Labute approximate surface area is 144 Å². The van der Waals surface area contributed by atoms with Gasteiger partial charge in [-0.1, -0.05) is 0 Å². The summed E-state index contributed by atoms with van der Waals surface area (Å²) in [6, 6.07) is 3.54. The molecule has 1 saturated heterocycles. The summed E-state index contributed by atoms with van der Waals surface area (Å²) in [5.74, 6) is 0.550. The maximum atomic E-state index is 11.5. The second-order valence-electron chi connectivity index (χ2n) is 6.85. The zero-order chi connectivity index (χ0) is 18.2. The van der Waals surface area contributed by atoms with E-state index in [1.54, 1.807) is 18.1 Å². The standard InChI is InChI=1S/C10H19NO2.C8H11NO2/c1-10(2,3)13-9(12)11-7-5-4-6-8-11;1-6-3-7(5-10)4-8(9-6)11-2/h4-8H2,1-3H3;3-4,10H,5H2,1-2H3. The number of carbonyl (C=O) groups excluding carboxylic acids is 1. The van der Waals surface area contributed by atoms with Crippen LogP contribution in [0.4, 0.5) is 4.79 Å². The van der Waals surface area contributed by atoms with Crippen molar-refractivity contribution < 1.29 is 19.4 Å². The Morgan fingerprint density at radius 1 is 1.25 bits per heavy atom. The molecule has 1 aliphatic rings. The molecule has 0 aromatic carbocycles. The molecule has 6 nitrogen and oxygen atoms in total. The molecule has 0 bridgehead atoms. The molecule has 1 amide bonds. The molecule has 0 atom stereocenters. The van der Waals surface area contributed by atoms with Crippen molar-refractivity contribution >= 4 is 6.09 Å². The maximum Gasteiger partial charge on any atom is 0.410 e. The van der Waals surface area contributed by atoms with Gasteiger partial charge in [0.05, 0.1) is 13.7 Å². The van der Waals surface area contributed by atoms with Crippen molar-refractivity contribution in [3.05, 3.63) is 23.4 Å². The number of rotatable bonds is 2. The third kappa shape index (κ3) is 7.64. The summed E-state index contributed by atoms with van der Waals surface area (Å²) in [6.45, 7) is 9.30. The van der Waals surface area contributed by atoms with Gasteiger partial charge in [0.2, 0.25) is 5.88 Å². The van der Waals surface area contributed by atoms with Gasteiger partial charge in [0.25, 0.3) is 0 Å². The van der Waals surface area contributed by atoms with Gasteiger partial charge in [-0.05, 0) is 58.6 Å². The molecule has 2 heterocycles. The van der Waals surface area contributed by atoms with Crippen molar-refractivity contribution in [1.29, 1.82) is 0 Å². The molecule has 1 aliphatic heterocycles. The predicted octanol–water partition coefficient (Wildman–Crippen LogP) is 3.30. The Hall–Kier alpha value is -1.82. The number of aryl methyl sites for hydroxylation is 1. The van der Waals surface area contributed by atoms with E-state index in [0.717, 1.165) is 37.2 Å². The number of hydrogen-bond donors (Lipinski definition) is 1. The van der Waals surface area contributed by atoms with Crippen LogP contribution in [-0.4, -0.2) is 46.9 Å². The van der Waals surface area contributed by atoms with Crippen LogP contribution in [0.15, 0.2) is 12.1 Å². The highest BCUT2D eigenvalue weighted by Crippen LogP contribution is 2.14. The fourth-order valence-corrected chi connectivity index (χ4v) is 2.31. The van der Waals surface area contributed by atoms with E-state index in [0.29, 0.717) is 5.88 Å². The van der Waals surface area contributed by atoms with Gasteiger partial charge in [0, 0.05) is 24.8 Å². The van der Waals surface area contributed by atoms with Crippen LogP contribution >= 0.6 is 0 Å². The number of likely N-dealkylation sites (tertiary alicyclic amines) is 1. The topological polar surface area (TPSA) is 71.9 Å². The Balaban J connectivity index is 0.000000243. The van der Waals surface area contributed by atoms with Crippen LogP contribution in [0, 0.1) is 6.92 Å². The zero-order valence-corrected chi connectivity index (χ0v) is 15.5. The smallest absolute Gasteiger partial charge is 0.410 e. The van der Waals surface area contributed by atoms with Gasteiger partial charge in [0.15, 0.2) is 0 Å². The number of carbonyl (C=O) groups is 1. The molecule has 0 spiro atoms. The summed E-state index contributed by atoms with van der Waals surface area (Å²) in [5.41, 5.74) is 1.32. The second kappa shape index (κ2) is 9.47. The summed E-state index contributed by atoms with van der Waals surface area (Å²) < 4.78 is 10.2. The lowest BCUT2D eigenvalue weighted by Crippen LogP contribution is -2.39. The molecule has 136 valence electrons. The van der Waals surface area contributed by atoms with Crippen LogP contribution < -0.4 is 4.74 Å². The maximum absolute atomic E-state index is 11.5. The summed E-state index contributed by atoms with van der Waals surface area (Å²) in [6.07, 6.45) is 3.30. The minimum Gasteiger partial charge on any atom is -0.481 e. The number of ether oxygens (including phenoxy) is 2. The van der Waals surface area contributed by atoms with E-state index < -0.39 is 0 Å². The first kappa shape index (κ1) is 20.2. The molecule has 0 radical (unpaired) electrons. The van der Waals surface area contributed by atoms with Gasteiger partial charge in [-0.25, -0.2) is 9.78 Å². The number of hydrogen-bond acceptors (Lipinski definition) is 5. The molecular formula is C18H30N2O4. The lowest BCUT2D eigenvalue weighted by molar-refractivity contribution is 0.0216. The number of amides is 1. The number of pyridine rings is 1. The fraction of sp³-hybridized carbons (Fsp3) is 0.667. The number of piperidine rings is 1. The van der Waals surface area contributed by atoms with Crippen LogP contribution in [0.2, 0.25) is 0 Å². The molecule has 24 heavy (non-hydrogen) atoms. The van der Waals surface area contributed by atoms with Crippen molar-refractivity contribution in [2.24, 2.45) is 0 Å². The highest BCUT2D eigenvalue weighted by atomic mass is 16.6. The predicted molar refractivity (Wildman–Crippen MR) is 93.1 cm³/mol. The highest BCUT2D eigenvalue weighted by molar-refractivity contribution is 5.68. The largest absolute Gasteiger partial charge is 0.481 e. The van der Waals surface area contributed by atoms with Crippen LogP contribution in [0.25, 0.3) is 0 Å². The highest BCUT2D eigenvalue weighted by Gasteiger charge is 2.22. The van der Waals surface area contributed by atoms with Gasteiger partial charge in [-0.15, -0.1) is 0 Å². The van der Waals surface area contributed by atoms with Crippen molar-refractivity contribution in [2.45, 2.75) is 59.2 Å². The molecule has 0 unspecified atom stereocenters. The first-order valence-corrected chi connectivity index (χ1v) is 8.35. The molecular weight excluding hydrogens is 308 g/mol. The summed E-state index contributed by atoms with van der Waals surface area (Å²) in [7, 11) is 1.56. The van der Waals surface area contributed by atoms with Crippen molar-refractivity contribution in [3.63, 3.8) is 0 Å². The number of nitrogens with zero attached hydrogens (tertiary/aromatic N) is 2. The minimum atomic E-state index is -0.367. The van der Waals surface area contributed by atoms with E-state index in [9.17, 15) is 4.79 Å². The Kier molecular flexibility index (Phi) is 7.98. The second-order valence-corrected chi connectivity index (χ2v) is 6.85. The van der Waals surface area contributed by atoms with Gasteiger partial charge in [-0.2, -0.15) is 0 Å². The molecule has 2 rings (SSSR count). The lowest BCUT2D eigenvalue weighted by atomic mass is 10.1. The van der Waals surface area contributed by atoms with E-state index in [4.69, 9.17) is 14.6 Å². The zero-order valence-electron chi connectivity index (χ0n) is 15.5.